The van der Waals surface area contributed by atoms with E-state index in [1.54, 1.807) is 0 Å². The van der Waals surface area contributed by atoms with Crippen molar-refractivity contribution in [2.75, 3.05) is 18.0 Å². The maximum absolute atomic E-state index is 5.58. The molecule has 1 heterocycles. The molecule has 1 saturated carbocycles. The van der Waals surface area contributed by atoms with E-state index >= 15 is 0 Å². The van der Waals surface area contributed by atoms with Gasteiger partial charge in [0.1, 0.15) is 0 Å². The van der Waals surface area contributed by atoms with E-state index in [-0.39, 0.29) is 0 Å². The fraction of sp³-hybridized carbons (Fsp3) is 0.700. The Morgan fingerprint density at radius 3 is 2.53 bits per heavy atom. The van der Waals surface area contributed by atoms with E-state index in [4.69, 9.17) is 5.73 Å². The van der Waals surface area contributed by atoms with E-state index in [2.05, 4.69) is 20.1 Å². The second kappa shape index (κ2) is 4.10. The molecule has 0 atom stereocenters. The van der Waals surface area contributed by atoms with Gasteiger partial charge in [0.05, 0.1) is 11.4 Å². The molecule has 1 aromatic heterocycles. The number of hydrogen-bond acceptors (Lipinski definition) is 5. The minimum Gasteiger partial charge on any atom is -0.335 e. The van der Waals surface area contributed by atoms with E-state index in [1.807, 2.05) is 13.8 Å². The summed E-state index contributed by atoms with van der Waals surface area (Å²) in [6, 6.07) is 0.581. The number of rotatable bonds is 4. The van der Waals surface area contributed by atoms with Gasteiger partial charge in [0, 0.05) is 19.1 Å². The molecule has 0 unspecified atom stereocenters. The summed E-state index contributed by atoms with van der Waals surface area (Å²) in [6.45, 7) is 5.33. The maximum atomic E-state index is 5.58. The molecule has 0 bridgehead atoms. The van der Waals surface area contributed by atoms with Crippen molar-refractivity contribution in [1.82, 2.24) is 15.2 Å². The highest BCUT2D eigenvalue weighted by Gasteiger charge is 2.30. The molecule has 1 aromatic rings. The summed E-state index contributed by atoms with van der Waals surface area (Å²) in [5.74, 6) is 0.728. The van der Waals surface area contributed by atoms with Crippen molar-refractivity contribution in [3.05, 3.63) is 11.4 Å². The Kier molecular flexibility index (Phi) is 2.81. The molecule has 2 rings (SSSR count). The minimum absolute atomic E-state index is 0.581. The van der Waals surface area contributed by atoms with Crippen molar-refractivity contribution in [2.45, 2.75) is 32.7 Å². The molecule has 82 valence electrons. The molecular formula is C10H17N5. The quantitative estimate of drug-likeness (QED) is 0.774. The molecule has 15 heavy (non-hydrogen) atoms. The van der Waals surface area contributed by atoms with E-state index < -0.39 is 0 Å². The van der Waals surface area contributed by atoms with Gasteiger partial charge in [-0.25, -0.2) is 4.98 Å². The highest BCUT2D eigenvalue weighted by atomic mass is 15.3. The van der Waals surface area contributed by atoms with Crippen molar-refractivity contribution in [3.8, 4) is 0 Å². The Bertz CT molecular complexity index is 348. The van der Waals surface area contributed by atoms with Crippen molar-refractivity contribution in [3.63, 3.8) is 0 Å². The molecule has 0 saturated heterocycles. The number of anilines is 1. The van der Waals surface area contributed by atoms with Crippen molar-refractivity contribution < 1.29 is 0 Å². The third-order valence-corrected chi connectivity index (χ3v) is 2.70. The van der Waals surface area contributed by atoms with Crippen molar-refractivity contribution in [2.24, 2.45) is 5.73 Å². The Morgan fingerprint density at radius 1 is 1.27 bits per heavy atom. The van der Waals surface area contributed by atoms with Crippen LogP contribution in [0.15, 0.2) is 0 Å². The number of aryl methyl sites for hydroxylation is 2. The Hall–Kier alpha value is -1.23. The predicted molar refractivity (Wildman–Crippen MR) is 58.7 cm³/mol. The third kappa shape index (κ3) is 2.23. The predicted octanol–water partition coefficient (Wildman–Crippen LogP) is 0.416. The molecular weight excluding hydrogens is 190 g/mol. The summed E-state index contributed by atoms with van der Waals surface area (Å²) < 4.78 is 0. The lowest BCUT2D eigenvalue weighted by atomic mass is 10.4. The van der Waals surface area contributed by atoms with Crippen LogP contribution < -0.4 is 10.6 Å². The SMILES string of the molecule is Cc1nnc(N(CCN)C2CC2)nc1C. The van der Waals surface area contributed by atoms with Crippen LogP contribution in [0, 0.1) is 13.8 Å². The number of nitrogens with two attached hydrogens (primary N) is 1. The molecule has 0 aliphatic heterocycles. The fourth-order valence-corrected chi connectivity index (χ4v) is 1.54. The lowest BCUT2D eigenvalue weighted by molar-refractivity contribution is 0.728. The van der Waals surface area contributed by atoms with Crippen LogP contribution in [-0.4, -0.2) is 34.3 Å². The smallest absolute Gasteiger partial charge is 0.245 e. The molecule has 1 aliphatic rings. The van der Waals surface area contributed by atoms with E-state index in [0.717, 1.165) is 23.9 Å². The zero-order valence-corrected chi connectivity index (χ0v) is 9.27. The number of hydrogen-bond donors (Lipinski definition) is 1. The highest BCUT2D eigenvalue weighted by Crippen LogP contribution is 2.29. The summed E-state index contributed by atoms with van der Waals surface area (Å²) in [5.41, 5.74) is 7.42. The van der Waals surface area contributed by atoms with Crippen LogP contribution in [0.4, 0.5) is 5.95 Å². The van der Waals surface area contributed by atoms with Crippen LogP contribution in [0.1, 0.15) is 24.2 Å². The van der Waals surface area contributed by atoms with Gasteiger partial charge in [-0.1, -0.05) is 0 Å². The first kappa shape index (κ1) is 10.3. The number of nitrogens with zero attached hydrogens (tertiary/aromatic N) is 4. The van der Waals surface area contributed by atoms with Crippen LogP contribution in [0.2, 0.25) is 0 Å². The molecule has 2 N–H and O–H groups in total. The van der Waals surface area contributed by atoms with Gasteiger partial charge in [-0.05, 0) is 26.7 Å². The molecule has 0 radical (unpaired) electrons. The molecule has 5 heteroatoms. The zero-order valence-electron chi connectivity index (χ0n) is 9.27. The highest BCUT2D eigenvalue weighted by molar-refractivity contribution is 5.33. The van der Waals surface area contributed by atoms with E-state index in [0.29, 0.717) is 12.6 Å². The van der Waals surface area contributed by atoms with Gasteiger partial charge in [-0.3, -0.25) is 0 Å². The molecule has 1 aliphatic carbocycles. The van der Waals surface area contributed by atoms with Gasteiger partial charge in [0.2, 0.25) is 5.95 Å². The molecule has 0 amide bonds. The largest absolute Gasteiger partial charge is 0.335 e. The van der Waals surface area contributed by atoms with Crippen LogP contribution in [0.25, 0.3) is 0 Å². The second-order valence-corrected chi connectivity index (χ2v) is 4.00. The van der Waals surface area contributed by atoms with Gasteiger partial charge < -0.3 is 10.6 Å². The van der Waals surface area contributed by atoms with Crippen LogP contribution >= 0.6 is 0 Å². The molecule has 1 fully saturated rings. The van der Waals surface area contributed by atoms with Crippen LogP contribution in [0.5, 0.6) is 0 Å². The van der Waals surface area contributed by atoms with E-state index in [9.17, 15) is 0 Å². The summed E-state index contributed by atoms with van der Waals surface area (Å²) in [6.07, 6.45) is 2.44. The van der Waals surface area contributed by atoms with Gasteiger partial charge in [0.25, 0.3) is 0 Å². The Morgan fingerprint density at radius 2 is 2.00 bits per heavy atom. The third-order valence-electron chi connectivity index (χ3n) is 2.70. The average Bonchev–Trinajstić information content (AvgIpc) is 3.02. The summed E-state index contributed by atoms with van der Waals surface area (Å²) in [7, 11) is 0. The fourth-order valence-electron chi connectivity index (χ4n) is 1.54. The number of aromatic nitrogens is 3. The van der Waals surface area contributed by atoms with Crippen molar-refractivity contribution >= 4 is 5.95 Å². The van der Waals surface area contributed by atoms with Crippen LogP contribution in [-0.2, 0) is 0 Å². The Balaban J connectivity index is 2.21. The standard InChI is InChI=1S/C10H17N5/c1-7-8(2)13-14-10(12-7)15(6-5-11)9-3-4-9/h9H,3-6,11H2,1-2H3. The molecule has 5 nitrogen and oxygen atoms in total. The first-order chi connectivity index (χ1) is 7.22. The Labute approximate surface area is 89.7 Å². The normalized spacial score (nSPS) is 15.4. The summed E-state index contributed by atoms with van der Waals surface area (Å²) >= 11 is 0. The van der Waals surface area contributed by atoms with Gasteiger partial charge in [-0.2, -0.15) is 5.10 Å². The lowest BCUT2D eigenvalue weighted by Crippen LogP contribution is -2.33. The lowest BCUT2D eigenvalue weighted by Gasteiger charge is -2.21. The topological polar surface area (TPSA) is 67.9 Å². The minimum atomic E-state index is 0.581. The summed E-state index contributed by atoms with van der Waals surface area (Å²) in [4.78, 5) is 6.62. The van der Waals surface area contributed by atoms with E-state index in [1.165, 1.54) is 12.8 Å². The van der Waals surface area contributed by atoms with Crippen molar-refractivity contribution in [1.29, 1.82) is 0 Å². The second-order valence-electron chi connectivity index (χ2n) is 4.00. The van der Waals surface area contributed by atoms with Gasteiger partial charge >= 0.3 is 0 Å². The van der Waals surface area contributed by atoms with Gasteiger partial charge in [0.15, 0.2) is 0 Å². The maximum Gasteiger partial charge on any atom is 0.245 e. The first-order valence-electron chi connectivity index (χ1n) is 5.37. The molecule has 0 aromatic carbocycles. The van der Waals surface area contributed by atoms with Crippen LogP contribution in [0.3, 0.4) is 0 Å². The monoisotopic (exact) mass is 207 g/mol. The average molecular weight is 207 g/mol. The zero-order chi connectivity index (χ0) is 10.8. The van der Waals surface area contributed by atoms with Gasteiger partial charge in [-0.15, -0.1) is 5.10 Å². The first-order valence-corrected chi connectivity index (χ1v) is 5.37. The molecule has 0 spiro atoms. The summed E-state index contributed by atoms with van der Waals surface area (Å²) in [5, 5.41) is 8.23.